The van der Waals surface area contributed by atoms with Gasteiger partial charge in [-0.05, 0) is 17.7 Å². The Morgan fingerprint density at radius 3 is 2.48 bits per heavy atom. The molecule has 0 atom stereocenters. The van der Waals surface area contributed by atoms with E-state index >= 15 is 0 Å². The number of aromatic nitrogens is 2. The van der Waals surface area contributed by atoms with E-state index in [-0.39, 0.29) is 12.3 Å². The number of benzene rings is 1. The first-order valence-electron chi connectivity index (χ1n) is 7.55. The molecule has 1 fully saturated rings. The van der Waals surface area contributed by atoms with Gasteiger partial charge in [0.25, 0.3) is 5.91 Å². The van der Waals surface area contributed by atoms with E-state index in [1.54, 1.807) is 24.5 Å². The molecule has 0 unspecified atom stereocenters. The number of piperazine rings is 1. The Hall–Kier alpha value is -2.94. The lowest BCUT2D eigenvalue weighted by atomic mass is 10.0. The maximum absolute atomic E-state index is 12.7. The fraction of sp³-hybridized carbons (Fsp3) is 0.294. The van der Waals surface area contributed by atoms with E-state index in [4.69, 9.17) is 5.26 Å². The molecule has 1 amide bonds. The van der Waals surface area contributed by atoms with Crippen LogP contribution in [0.25, 0.3) is 0 Å². The van der Waals surface area contributed by atoms with Gasteiger partial charge in [-0.25, -0.2) is 9.97 Å². The van der Waals surface area contributed by atoms with E-state index in [1.807, 2.05) is 23.1 Å². The van der Waals surface area contributed by atoms with Crippen LogP contribution in [0.1, 0.15) is 15.9 Å². The number of nitrogens with zero attached hydrogens (tertiary/aromatic N) is 5. The molecule has 0 radical (unpaired) electrons. The molecule has 0 saturated carbocycles. The number of carbonyl (C=O) groups excluding carboxylic acids is 1. The monoisotopic (exact) mass is 307 g/mol. The number of rotatable bonds is 3. The zero-order valence-electron chi connectivity index (χ0n) is 12.7. The second kappa shape index (κ2) is 6.88. The highest BCUT2D eigenvalue weighted by Gasteiger charge is 2.24. The standard InChI is InChI=1S/C17H17N5O/c18-7-6-14-4-1-2-5-15(14)16(23)21-10-12-22(13-11-21)17-19-8-3-9-20-17/h1-5,8-9H,6,10-13H2. The molecule has 6 heteroatoms. The smallest absolute Gasteiger partial charge is 0.254 e. The van der Waals surface area contributed by atoms with Gasteiger partial charge >= 0.3 is 0 Å². The maximum Gasteiger partial charge on any atom is 0.254 e. The predicted octanol–water partition coefficient (Wildman–Crippen LogP) is 1.51. The summed E-state index contributed by atoms with van der Waals surface area (Å²) in [5.74, 6) is 0.689. The molecule has 1 aromatic carbocycles. The summed E-state index contributed by atoms with van der Waals surface area (Å²) in [5.41, 5.74) is 1.41. The lowest BCUT2D eigenvalue weighted by Crippen LogP contribution is -2.49. The molecule has 2 heterocycles. The van der Waals surface area contributed by atoms with Gasteiger partial charge in [-0.3, -0.25) is 4.79 Å². The molecule has 1 saturated heterocycles. The van der Waals surface area contributed by atoms with Gasteiger partial charge in [-0.15, -0.1) is 0 Å². The molecule has 2 aromatic rings. The number of hydrogen-bond donors (Lipinski definition) is 0. The number of amides is 1. The molecule has 0 spiro atoms. The average Bonchev–Trinajstić information content (AvgIpc) is 2.63. The maximum atomic E-state index is 12.7. The average molecular weight is 307 g/mol. The SMILES string of the molecule is N#CCc1ccccc1C(=O)N1CCN(c2ncccn2)CC1. The van der Waals surface area contributed by atoms with Crippen LogP contribution in [0.15, 0.2) is 42.7 Å². The summed E-state index contributed by atoms with van der Waals surface area (Å²) in [6.45, 7) is 2.66. The first-order valence-corrected chi connectivity index (χ1v) is 7.55. The summed E-state index contributed by atoms with van der Waals surface area (Å²) in [7, 11) is 0. The highest BCUT2D eigenvalue weighted by molar-refractivity contribution is 5.96. The van der Waals surface area contributed by atoms with Crippen molar-refractivity contribution in [3.63, 3.8) is 0 Å². The first kappa shape index (κ1) is 15.0. The Bertz CT molecular complexity index is 717. The van der Waals surface area contributed by atoms with E-state index in [9.17, 15) is 4.79 Å². The van der Waals surface area contributed by atoms with Gasteiger partial charge < -0.3 is 9.80 Å². The van der Waals surface area contributed by atoms with Crippen LogP contribution in [-0.4, -0.2) is 47.0 Å². The molecule has 1 aliphatic rings. The van der Waals surface area contributed by atoms with E-state index in [0.29, 0.717) is 37.7 Å². The van der Waals surface area contributed by atoms with Gasteiger partial charge in [0, 0.05) is 44.1 Å². The minimum absolute atomic E-state index is 0.00974. The predicted molar refractivity (Wildman–Crippen MR) is 85.9 cm³/mol. The number of carbonyl (C=O) groups is 1. The van der Waals surface area contributed by atoms with Crippen molar-refractivity contribution in [1.82, 2.24) is 14.9 Å². The van der Waals surface area contributed by atoms with Crippen LogP contribution in [0.5, 0.6) is 0 Å². The van der Waals surface area contributed by atoms with Crippen LogP contribution in [0.2, 0.25) is 0 Å². The summed E-state index contributed by atoms with van der Waals surface area (Å²) < 4.78 is 0. The van der Waals surface area contributed by atoms with E-state index < -0.39 is 0 Å². The summed E-state index contributed by atoms with van der Waals surface area (Å²) in [5, 5.41) is 8.90. The molecule has 0 N–H and O–H groups in total. The molecule has 0 aliphatic carbocycles. The van der Waals surface area contributed by atoms with Gasteiger partial charge in [0.1, 0.15) is 0 Å². The highest BCUT2D eigenvalue weighted by atomic mass is 16.2. The zero-order valence-corrected chi connectivity index (χ0v) is 12.7. The molecule has 0 bridgehead atoms. The van der Waals surface area contributed by atoms with Gasteiger partial charge in [0.2, 0.25) is 5.95 Å². The van der Waals surface area contributed by atoms with Crippen molar-refractivity contribution in [2.24, 2.45) is 0 Å². The van der Waals surface area contributed by atoms with Crippen LogP contribution in [0.3, 0.4) is 0 Å². The largest absolute Gasteiger partial charge is 0.337 e. The van der Waals surface area contributed by atoms with E-state index in [0.717, 1.165) is 5.56 Å². The van der Waals surface area contributed by atoms with E-state index in [1.165, 1.54) is 0 Å². The molecular formula is C17H17N5O. The number of anilines is 1. The Labute approximate surface area is 135 Å². The molecular weight excluding hydrogens is 290 g/mol. The number of nitriles is 1. The third-order valence-electron chi connectivity index (χ3n) is 3.92. The van der Waals surface area contributed by atoms with Crippen LogP contribution in [0, 0.1) is 11.3 Å². The summed E-state index contributed by atoms with van der Waals surface area (Å²) in [4.78, 5) is 25.1. The van der Waals surface area contributed by atoms with Gasteiger partial charge in [0.15, 0.2) is 0 Å². The Morgan fingerprint density at radius 1 is 1.09 bits per heavy atom. The van der Waals surface area contributed by atoms with Gasteiger partial charge in [0.05, 0.1) is 12.5 Å². The fourth-order valence-corrected chi connectivity index (χ4v) is 2.70. The van der Waals surface area contributed by atoms with Crippen LogP contribution in [0.4, 0.5) is 5.95 Å². The minimum atomic E-state index is -0.00974. The van der Waals surface area contributed by atoms with E-state index in [2.05, 4.69) is 20.9 Å². The molecule has 6 nitrogen and oxygen atoms in total. The molecule has 23 heavy (non-hydrogen) atoms. The second-order valence-corrected chi connectivity index (χ2v) is 5.32. The van der Waals surface area contributed by atoms with Gasteiger partial charge in [-0.2, -0.15) is 5.26 Å². The van der Waals surface area contributed by atoms with Gasteiger partial charge in [-0.1, -0.05) is 18.2 Å². The lowest BCUT2D eigenvalue weighted by Gasteiger charge is -2.35. The normalized spacial score (nSPS) is 14.4. The summed E-state index contributed by atoms with van der Waals surface area (Å²) >= 11 is 0. The molecule has 3 rings (SSSR count). The molecule has 116 valence electrons. The summed E-state index contributed by atoms with van der Waals surface area (Å²) in [6, 6.07) is 11.2. The Balaban J connectivity index is 1.68. The quantitative estimate of drug-likeness (QED) is 0.859. The van der Waals surface area contributed by atoms with Crippen LogP contribution >= 0.6 is 0 Å². The fourth-order valence-electron chi connectivity index (χ4n) is 2.70. The van der Waals surface area contributed by atoms with Crippen LogP contribution < -0.4 is 4.90 Å². The minimum Gasteiger partial charge on any atom is -0.337 e. The third-order valence-corrected chi connectivity index (χ3v) is 3.92. The molecule has 1 aliphatic heterocycles. The van der Waals surface area contributed by atoms with Crippen molar-refractivity contribution < 1.29 is 4.79 Å². The summed E-state index contributed by atoms with van der Waals surface area (Å²) in [6.07, 6.45) is 3.69. The first-order chi connectivity index (χ1) is 11.3. The Kier molecular flexibility index (Phi) is 4.48. The number of hydrogen-bond acceptors (Lipinski definition) is 5. The van der Waals surface area contributed by atoms with Crippen molar-refractivity contribution in [3.8, 4) is 6.07 Å². The highest BCUT2D eigenvalue weighted by Crippen LogP contribution is 2.16. The molecule has 1 aromatic heterocycles. The van der Waals surface area contributed by atoms with Crippen LogP contribution in [-0.2, 0) is 6.42 Å². The third kappa shape index (κ3) is 3.29. The Morgan fingerprint density at radius 2 is 1.78 bits per heavy atom. The lowest BCUT2D eigenvalue weighted by molar-refractivity contribution is 0.0745. The second-order valence-electron chi connectivity index (χ2n) is 5.32. The topological polar surface area (TPSA) is 73.1 Å². The zero-order chi connectivity index (χ0) is 16.1. The van der Waals surface area contributed by atoms with Crippen molar-refractivity contribution in [1.29, 1.82) is 5.26 Å². The van der Waals surface area contributed by atoms with Crippen molar-refractivity contribution >= 4 is 11.9 Å². The van der Waals surface area contributed by atoms with Crippen molar-refractivity contribution in [2.45, 2.75) is 6.42 Å². The van der Waals surface area contributed by atoms with Crippen molar-refractivity contribution in [3.05, 3.63) is 53.9 Å². The van der Waals surface area contributed by atoms with Crippen molar-refractivity contribution in [2.75, 3.05) is 31.1 Å².